The third kappa shape index (κ3) is 3.36. The van der Waals surface area contributed by atoms with E-state index in [0.717, 1.165) is 18.2 Å². The summed E-state index contributed by atoms with van der Waals surface area (Å²) in [7, 11) is 1.59. The van der Waals surface area contributed by atoms with Crippen LogP contribution in [0.5, 0.6) is 0 Å². The van der Waals surface area contributed by atoms with Gasteiger partial charge in [0.1, 0.15) is 23.9 Å². The van der Waals surface area contributed by atoms with Crippen molar-refractivity contribution in [1.82, 2.24) is 9.78 Å². The van der Waals surface area contributed by atoms with Crippen molar-refractivity contribution < 1.29 is 31.4 Å². The quantitative estimate of drug-likeness (QED) is 0.471. The van der Waals surface area contributed by atoms with Gasteiger partial charge in [-0.2, -0.15) is 10.4 Å². The summed E-state index contributed by atoms with van der Waals surface area (Å²) in [6.45, 7) is 1.61. The Hall–Kier alpha value is -3.32. The van der Waals surface area contributed by atoms with E-state index in [1.54, 1.807) is 20.0 Å². The highest BCUT2D eigenvalue weighted by Crippen LogP contribution is 2.54. The normalized spacial score (nSPS) is 24.7. The minimum Gasteiger partial charge on any atom is -0.382 e. The molecule has 2 aliphatic carbocycles. The van der Waals surface area contributed by atoms with Gasteiger partial charge in [0.2, 0.25) is 0 Å². The van der Waals surface area contributed by atoms with E-state index in [4.69, 9.17) is 0 Å². The van der Waals surface area contributed by atoms with Gasteiger partial charge >= 0.3 is 0 Å². The molecule has 1 aromatic heterocycles. The van der Waals surface area contributed by atoms with E-state index in [1.807, 2.05) is 0 Å². The Kier molecular flexibility index (Phi) is 5.25. The highest BCUT2D eigenvalue weighted by atomic mass is 19.3. The lowest BCUT2D eigenvalue weighted by Crippen LogP contribution is -2.26. The second kappa shape index (κ2) is 7.85. The summed E-state index contributed by atoms with van der Waals surface area (Å²) in [5.74, 6) is -6.75. The van der Waals surface area contributed by atoms with Crippen LogP contribution in [0.1, 0.15) is 63.7 Å². The first kappa shape index (κ1) is 23.4. The lowest BCUT2D eigenvalue weighted by molar-refractivity contribution is -0.0967. The molecule has 0 amide bonds. The Morgan fingerprint density at radius 2 is 1.86 bits per heavy atom. The molecule has 0 saturated heterocycles. The van der Waals surface area contributed by atoms with E-state index in [1.165, 1.54) is 10.9 Å². The van der Waals surface area contributed by atoms with Gasteiger partial charge in [0.25, 0.3) is 5.92 Å². The number of nitriles is 1. The predicted molar refractivity (Wildman–Crippen MR) is 113 cm³/mol. The number of benzene rings is 2. The fourth-order valence-corrected chi connectivity index (χ4v) is 5.39. The van der Waals surface area contributed by atoms with E-state index in [0.29, 0.717) is 5.69 Å². The molecule has 4 nitrogen and oxygen atoms in total. The number of aliphatic hydroxyl groups is 1. The van der Waals surface area contributed by atoms with E-state index < -0.39 is 60.3 Å². The molecule has 0 spiro atoms. The molecular weight excluding hydrogens is 472 g/mol. The lowest BCUT2D eigenvalue weighted by atomic mass is 9.73. The number of aliphatic hydroxyl groups excluding tert-OH is 1. The average Bonchev–Trinajstić information content (AvgIpc) is 3.25. The van der Waals surface area contributed by atoms with Crippen LogP contribution >= 0.6 is 0 Å². The van der Waals surface area contributed by atoms with Crippen molar-refractivity contribution in [3.63, 3.8) is 0 Å². The molecule has 4 atom stereocenters. The smallest absolute Gasteiger partial charge is 0.281 e. The van der Waals surface area contributed by atoms with Crippen LogP contribution in [0.15, 0.2) is 24.4 Å². The predicted octanol–water partition coefficient (Wildman–Crippen LogP) is 5.65. The van der Waals surface area contributed by atoms with Crippen molar-refractivity contribution in [2.75, 3.05) is 0 Å². The zero-order valence-corrected chi connectivity index (χ0v) is 18.6. The number of aryl methyl sites for hydroxylation is 1. The molecule has 1 N–H and O–H groups in total. The van der Waals surface area contributed by atoms with E-state index in [9.17, 15) is 32.3 Å². The first-order chi connectivity index (χ1) is 16.5. The summed E-state index contributed by atoms with van der Waals surface area (Å²) in [6, 6.07) is 4.35. The molecule has 1 unspecified atom stereocenters. The summed E-state index contributed by atoms with van der Waals surface area (Å²) in [6.07, 6.45) is -6.93. The molecule has 35 heavy (non-hydrogen) atoms. The maximum absolute atomic E-state index is 15.7. The molecule has 5 rings (SSSR count). The zero-order valence-electron chi connectivity index (χ0n) is 18.6. The topological polar surface area (TPSA) is 61.8 Å². The van der Waals surface area contributed by atoms with Crippen molar-refractivity contribution in [2.45, 2.75) is 50.1 Å². The average molecular weight is 491 g/mol. The third-order valence-corrected chi connectivity index (χ3v) is 7.15. The lowest BCUT2D eigenvalue weighted by Gasteiger charge is -2.33. The van der Waals surface area contributed by atoms with Gasteiger partial charge < -0.3 is 5.11 Å². The Bertz CT molecular complexity index is 1410. The van der Waals surface area contributed by atoms with Gasteiger partial charge in [-0.25, -0.2) is 26.3 Å². The van der Waals surface area contributed by atoms with Crippen LogP contribution in [0.3, 0.4) is 0 Å². The van der Waals surface area contributed by atoms with Gasteiger partial charge in [-0.1, -0.05) is 0 Å². The largest absolute Gasteiger partial charge is 0.382 e. The zero-order chi connectivity index (χ0) is 25.4. The second-order valence-electron chi connectivity index (χ2n) is 9.10. The molecule has 0 fully saturated rings. The SMILES string of the molecule is Cc1c(-c2c(F)cc(C3C[C@H](F)[C@H](F)c4cc(F)cc(C#N)c43)c3c2[C@H](O)C(F)(F)C3)cnn1C. The number of alkyl halides is 4. The number of halogens is 6. The third-order valence-electron chi connectivity index (χ3n) is 7.15. The van der Waals surface area contributed by atoms with Crippen LogP contribution in [-0.2, 0) is 13.5 Å². The van der Waals surface area contributed by atoms with Crippen molar-refractivity contribution in [1.29, 1.82) is 5.26 Å². The molecule has 1 heterocycles. The number of hydrogen-bond acceptors (Lipinski definition) is 3. The standard InChI is InChI=1S/C25H19F6N3O/c1-10-17(9-33-34(10)2)21-18(27)5-13(16-7-25(30,31)24(35)22(16)21)14-6-19(28)23(29)15-4-12(26)3-11(8-32)20(14)15/h3-5,9,14,19,23-24,35H,6-7H2,1-2H3/t14?,19-,23+,24-/m0/s1. The molecule has 0 radical (unpaired) electrons. The molecule has 10 heteroatoms. The van der Waals surface area contributed by atoms with Crippen LogP contribution in [0.4, 0.5) is 26.3 Å². The molecule has 182 valence electrons. The monoisotopic (exact) mass is 491 g/mol. The maximum atomic E-state index is 15.7. The Labute approximate surface area is 196 Å². The molecule has 3 aromatic rings. The fourth-order valence-electron chi connectivity index (χ4n) is 5.39. The Morgan fingerprint density at radius 1 is 1.14 bits per heavy atom. The van der Waals surface area contributed by atoms with Crippen LogP contribution in [0, 0.1) is 29.9 Å². The van der Waals surface area contributed by atoms with Gasteiger partial charge in [0.15, 0.2) is 6.17 Å². The van der Waals surface area contributed by atoms with Crippen molar-refractivity contribution in [3.05, 3.63) is 75.1 Å². The molecule has 2 aromatic carbocycles. The number of fused-ring (bicyclic) bond motifs is 2. The summed E-state index contributed by atoms with van der Waals surface area (Å²) >= 11 is 0. The molecular formula is C25H19F6N3O. The van der Waals surface area contributed by atoms with E-state index >= 15 is 4.39 Å². The fraction of sp³-hybridized carbons (Fsp3) is 0.360. The number of rotatable bonds is 2. The van der Waals surface area contributed by atoms with Gasteiger partial charge in [-0.05, 0) is 53.8 Å². The minimum absolute atomic E-state index is 0.0630. The van der Waals surface area contributed by atoms with E-state index in [2.05, 4.69) is 5.10 Å². The summed E-state index contributed by atoms with van der Waals surface area (Å²) in [5, 5.41) is 24.1. The van der Waals surface area contributed by atoms with Crippen molar-refractivity contribution >= 4 is 0 Å². The Morgan fingerprint density at radius 3 is 2.49 bits per heavy atom. The Balaban J connectivity index is 1.82. The number of aromatic nitrogens is 2. The van der Waals surface area contributed by atoms with Crippen molar-refractivity contribution in [2.24, 2.45) is 7.05 Å². The second-order valence-corrected chi connectivity index (χ2v) is 9.10. The summed E-state index contributed by atoms with van der Waals surface area (Å²) < 4.78 is 90.3. The summed E-state index contributed by atoms with van der Waals surface area (Å²) in [5.41, 5.74) is -0.851. The molecule has 0 bridgehead atoms. The van der Waals surface area contributed by atoms with Gasteiger partial charge in [0, 0.05) is 41.8 Å². The highest BCUT2D eigenvalue weighted by Gasteiger charge is 2.51. The number of hydrogen-bond donors (Lipinski definition) is 1. The van der Waals surface area contributed by atoms with Crippen molar-refractivity contribution in [3.8, 4) is 17.2 Å². The van der Waals surface area contributed by atoms with E-state index in [-0.39, 0.29) is 38.9 Å². The summed E-state index contributed by atoms with van der Waals surface area (Å²) in [4.78, 5) is 0. The molecule has 0 saturated carbocycles. The van der Waals surface area contributed by atoms with Crippen LogP contribution < -0.4 is 0 Å². The van der Waals surface area contributed by atoms with Gasteiger partial charge in [-0.15, -0.1) is 0 Å². The molecule has 0 aliphatic heterocycles. The maximum Gasteiger partial charge on any atom is 0.281 e. The first-order valence-corrected chi connectivity index (χ1v) is 10.9. The van der Waals surface area contributed by atoms with Crippen LogP contribution in [0.2, 0.25) is 0 Å². The minimum atomic E-state index is -3.65. The van der Waals surface area contributed by atoms with Crippen LogP contribution in [-0.4, -0.2) is 27.0 Å². The van der Waals surface area contributed by atoms with Gasteiger partial charge in [0.05, 0.1) is 17.8 Å². The molecule has 2 aliphatic rings. The number of nitrogens with zero attached hydrogens (tertiary/aromatic N) is 3. The highest BCUT2D eigenvalue weighted by molar-refractivity contribution is 5.74. The van der Waals surface area contributed by atoms with Gasteiger partial charge in [-0.3, -0.25) is 4.68 Å². The van der Waals surface area contributed by atoms with Crippen LogP contribution in [0.25, 0.3) is 11.1 Å². The first-order valence-electron chi connectivity index (χ1n) is 10.9.